The van der Waals surface area contributed by atoms with Gasteiger partial charge in [-0.05, 0) is 18.9 Å². The van der Waals surface area contributed by atoms with E-state index in [0.29, 0.717) is 12.5 Å². The van der Waals surface area contributed by atoms with Crippen LogP contribution in [0.5, 0.6) is 0 Å². The van der Waals surface area contributed by atoms with Crippen LogP contribution in [-0.2, 0) is 4.74 Å². The van der Waals surface area contributed by atoms with Crippen molar-refractivity contribution in [3.8, 4) is 0 Å². The molecule has 0 aliphatic carbocycles. The number of hydrogen-bond donors (Lipinski definition) is 1. The quantitative estimate of drug-likeness (QED) is 0.447. The Bertz CT molecular complexity index is 83.3. The van der Waals surface area contributed by atoms with Crippen molar-refractivity contribution in [2.45, 2.75) is 13.3 Å². The lowest BCUT2D eigenvalue weighted by Crippen LogP contribution is -2.08. The van der Waals surface area contributed by atoms with Gasteiger partial charge in [0.2, 0.25) is 0 Å². The summed E-state index contributed by atoms with van der Waals surface area (Å²) in [7, 11) is 0. The van der Waals surface area contributed by atoms with E-state index < -0.39 is 0 Å². The summed E-state index contributed by atoms with van der Waals surface area (Å²) in [6, 6.07) is 0. The van der Waals surface area contributed by atoms with Crippen molar-refractivity contribution in [1.82, 2.24) is 0 Å². The maximum Gasteiger partial charge on any atom is 0.0526 e. The van der Waals surface area contributed by atoms with Gasteiger partial charge in [0.15, 0.2) is 0 Å². The Balaban J connectivity index is 2.95. The molecule has 1 atom stereocenters. The van der Waals surface area contributed by atoms with E-state index in [1.54, 1.807) is 0 Å². The molecule has 0 bridgehead atoms. The maximum atomic E-state index is 5.28. The molecule has 0 aromatic rings. The van der Waals surface area contributed by atoms with E-state index in [0.717, 1.165) is 19.6 Å². The largest absolute Gasteiger partial charge is 0.381 e. The van der Waals surface area contributed by atoms with E-state index in [1.165, 1.54) is 0 Å². The van der Waals surface area contributed by atoms with Gasteiger partial charge in [-0.15, -0.1) is 6.58 Å². The predicted molar refractivity (Wildman–Crippen MR) is 43.9 cm³/mol. The van der Waals surface area contributed by atoms with Crippen LogP contribution in [0.25, 0.3) is 0 Å². The second-order valence-corrected chi connectivity index (χ2v) is 2.43. The highest BCUT2D eigenvalue weighted by Gasteiger charge is 1.93. The molecule has 0 aromatic carbocycles. The first-order valence-electron chi connectivity index (χ1n) is 3.71. The van der Waals surface area contributed by atoms with E-state index in [2.05, 4.69) is 13.5 Å². The molecule has 0 saturated carbocycles. The minimum Gasteiger partial charge on any atom is -0.381 e. The minimum absolute atomic E-state index is 0.456. The molecule has 0 spiro atoms. The van der Waals surface area contributed by atoms with Crippen LogP contribution in [0.4, 0.5) is 0 Å². The molecule has 0 aliphatic heterocycles. The van der Waals surface area contributed by atoms with E-state index in [-0.39, 0.29) is 0 Å². The predicted octanol–water partition coefficient (Wildman–Crippen LogP) is 1.17. The molecule has 2 heteroatoms. The van der Waals surface area contributed by atoms with Gasteiger partial charge in [-0.3, -0.25) is 0 Å². The lowest BCUT2D eigenvalue weighted by Gasteiger charge is -2.05. The molecule has 0 rings (SSSR count). The molecule has 0 aromatic heterocycles. The van der Waals surface area contributed by atoms with E-state index in [1.807, 2.05) is 6.08 Å². The fourth-order valence-corrected chi connectivity index (χ4v) is 0.523. The number of hydrogen-bond acceptors (Lipinski definition) is 2. The summed E-state index contributed by atoms with van der Waals surface area (Å²) in [6.07, 6.45) is 2.84. The highest BCUT2D eigenvalue weighted by molar-refractivity contribution is 4.73. The summed E-state index contributed by atoms with van der Waals surface area (Å²) < 4.78 is 5.28. The van der Waals surface area contributed by atoms with Gasteiger partial charge in [-0.2, -0.15) is 0 Å². The van der Waals surface area contributed by atoms with Gasteiger partial charge in [0.1, 0.15) is 0 Å². The molecule has 60 valence electrons. The molecule has 1 unspecified atom stereocenters. The molecule has 0 aliphatic rings. The molecule has 0 radical (unpaired) electrons. The number of nitrogens with two attached hydrogens (primary N) is 1. The van der Waals surface area contributed by atoms with Crippen LogP contribution in [0.2, 0.25) is 0 Å². The lowest BCUT2D eigenvalue weighted by molar-refractivity contribution is 0.116. The lowest BCUT2D eigenvalue weighted by atomic mass is 10.2. The van der Waals surface area contributed by atoms with Crippen LogP contribution in [0.15, 0.2) is 12.7 Å². The normalized spacial score (nSPS) is 13.0. The molecule has 0 saturated heterocycles. The zero-order valence-corrected chi connectivity index (χ0v) is 6.68. The smallest absolute Gasteiger partial charge is 0.0526 e. The van der Waals surface area contributed by atoms with Crippen LogP contribution in [-0.4, -0.2) is 19.8 Å². The van der Waals surface area contributed by atoms with Crippen LogP contribution < -0.4 is 5.73 Å². The summed E-state index contributed by atoms with van der Waals surface area (Å²) in [5.74, 6) is 0.456. The summed E-state index contributed by atoms with van der Waals surface area (Å²) in [6.45, 7) is 7.98. The second-order valence-electron chi connectivity index (χ2n) is 2.43. The monoisotopic (exact) mass is 143 g/mol. The fraction of sp³-hybridized carbons (Fsp3) is 0.750. The summed E-state index contributed by atoms with van der Waals surface area (Å²) >= 11 is 0. The van der Waals surface area contributed by atoms with Crippen LogP contribution in [0, 0.1) is 5.92 Å². The Hall–Kier alpha value is -0.340. The van der Waals surface area contributed by atoms with Crippen molar-refractivity contribution in [3.63, 3.8) is 0 Å². The van der Waals surface area contributed by atoms with Crippen LogP contribution >= 0.6 is 0 Å². The molecule has 2 N–H and O–H groups in total. The van der Waals surface area contributed by atoms with Crippen LogP contribution in [0.3, 0.4) is 0 Å². The van der Waals surface area contributed by atoms with Crippen molar-refractivity contribution in [3.05, 3.63) is 12.7 Å². The standard InChI is InChI=1S/C8H17NO/c1-3-8(2)7-10-6-4-5-9/h3,8H,1,4-7,9H2,2H3. The second kappa shape index (κ2) is 6.78. The maximum absolute atomic E-state index is 5.28. The molecule has 0 amide bonds. The van der Waals surface area contributed by atoms with Crippen molar-refractivity contribution in [1.29, 1.82) is 0 Å². The zero-order valence-electron chi connectivity index (χ0n) is 6.68. The Morgan fingerprint density at radius 2 is 2.40 bits per heavy atom. The van der Waals surface area contributed by atoms with E-state index >= 15 is 0 Å². The zero-order chi connectivity index (χ0) is 7.82. The molecule has 0 fully saturated rings. The van der Waals surface area contributed by atoms with Gasteiger partial charge in [-0.25, -0.2) is 0 Å². The first kappa shape index (κ1) is 9.66. The summed E-state index contributed by atoms with van der Waals surface area (Å²) in [5.41, 5.74) is 5.28. The topological polar surface area (TPSA) is 35.2 Å². The average molecular weight is 143 g/mol. The minimum atomic E-state index is 0.456. The molecule has 0 heterocycles. The number of rotatable bonds is 6. The van der Waals surface area contributed by atoms with Crippen molar-refractivity contribution in [2.24, 2.45) is 11.7 Å². The Labute approximate surface area is 63.1 Å². The summed E-state index contributed by atoms with van der Waals surface area (Å²) in [4.78, 5) is 0. The SMILES string of the molecule is C=CC(C)COCCCN. The Morgan fingerprint density at radius 1 is 1.70 bits per heavy atom. The third-order valence-corrected chi connectivity index (χ3v) is 1.28. The molecule has 10 heavy (non-hydrogen) atoms. The third-order valence-electron chi connectivity index (χ3n) is 1.28. The first-order chi connectivity index (χ1) is 4.81. The highest BCUT2D eigenvalue weighted by Crippen LogP contribution is 1.95. The Morgan fingerprint density at radius 3 is 2.90 bits per heavy atom. The van der Waals surface area contributed by atoms with Gasteiger partial charge < -0.3 is 10.5 Å². The highest BCUT2D eigenvalue weighted by atomic mass is 16.5. The van der Waals surface area contributed by atoms with E-state index in [4.69, 9.17) is 10.5 Å². The third kappa shape index (κ3) is 5.79. The summed E-state index contributed by atoms with van der Waals surface area (Å²) in [5, 5.41) is 0. The van der Waals surface area contributed by atoms with Gasteiger partial charge >= 0.3 is 0 Å². The van der Waals surface area contributed by atoms with Crippen molar-refractivity contribution >= 4 is 0 Å². The molecule has 2 nitrogen and oxygen atoms in total. The van der Waals surface area contributed by atoms with E-state index in [9.17, 15) is 0 Å². The molecular weight excluding hydrogens is 126 g/mol. The fourth-order valence-electron chi connectivity index (χ4n) is 0.523. The van der Waals surface area contributed by atoms with Crippen molar-refractivity contribution in [2.75, 3.05) is 19.8 Å². The van der Waals surface area contributed by atoms with Gasteiger partial charge in [0, 0.05) is 6.61 Å². The number of ether oxygens (including phenoxy) is 1. The van der Waals surface area contributed by atoms with Gasteiger partial charge in [-0.1, -0.05) is 13.0 Å². The van der Waals surface area contributed by atoms with Crippen LogP contribution in [0.1, 0.15) is 13.3 Å². The van der Waals surface area contributed by atoms with Crippen molar-refractivity contribution < 1.29 is 4.74 Å². The molecular formula is C8H17NO. The first-order valence-corrected chi connectivity index (χ1v) is 3.71. The average Bonchev–Trinajstić information content (AvgIpc) is 1.98. The van der Waals surface area contributed by atoms with Gasteiger partial charge in [0.25, 0.3) is 0 Å². The Kier molecular flexibility index (Phi) is 6.55. The van der Waals surface area contributed by atoms with Gasteiger partial charge in [0.05, 0.1) is 6.61 Å².